The van der Waals surface area contributed by atoms with Crippen LogP contribution in [0, 0.1) is 46.3 Å². The van der Waals surface area contributed by atoms with Gasteiger partial charge < -0.3 is 18.9 Å². The molecule has 0 amide bonds. The predicted molar refractivity (Wildman–Crippen MR) is 143 cm³/mol. The summed E-state index contributed by atoms with van der Waals surface area (Å²) in [4.78, 5) is 36.7. The van der Waals surface area contributed by atoms with Crippen molar-refractivity contribution in [2.24, 2.45) is 46.3 Å². The fraction of sp³-hybridized carbons (Fsp3) is 0.903. The van der Waals surface area contributed by atoms with Crippen LogP contribution in [-0.4, -0.2) is 49.9 Å². The Balaban J connectivity index is 1.70. The minimum Gasteiger partial charge on any atom is -0.469 e. The highest BCUT2D eigenvalue weighted by atomic mass is 16.5. The molecule has 38 heavy (non-hydrogen) atoms. The first kappa shape index (κ1) is 29.4. The van der Waals surface area contributed by atoms with E-state index in [0.717, 1.165) is 58.0 Å². The zero-order valence-corrected chi connectivity index (χ0v) is 24.6. The first-order valence-corrected chi connectivity index (χ1v) is 15.0. The third-order valence-electron chi connectivity index (χ3n) is 11.5. The van der Waals surface area contributed by atoms with Gasteiger partial charge >= 0.3 is 17.9 Å². The summed E-state index contributed by atoms with van der Waals surface area (Å²) in [6.45, 7) is 12.8. The summed E-state index contributed by atoms with van der Waals surface area (Å²) >= 11 is 0. The van der Waals surface area contributed by atoms with Crippen molar-refractivity contribution in [2.75, 3.05) is 13.7 Å². The maximum atomic E-state index is 12.5. The third kappa shape index (κ3) is 5.25. The van der Waals surface area contributed by atoms with Gasteiger partial charge in [0.15, 0.2) is 0 Å². The van der Waals surface area contributed by atoms with Crippen LogP contribution in [0.25, 0.3) is 0 Å². The minimum absolute atomic E-state index is 0.100. The van der Waals surface area contributed by atoms with E-state index < -0.39 is 0 Å². The molecule has 0 radical (unpaired) electrons. The van der Waals surface area contributed by atoms with Crippen molar-refractivity contribution >= 4 is 17.9 Å². The van der Waals surface area contributed by atoms with Crippen LogP contribution in [0.5, 0.6) is 0 Å². The molecule has 4 saturated carbocycles. The van der Waals surface area contributed by atoms with Crippen molar-refractivity contribution in [2.45, 2.75) is 118 Å². The molecule has 0 spiro atoms. The van der Waals surface area contributed by atoms with Crippen molar-refractivity contribution < 1.29 is 33.3 Å². The van der Waals surface area contributed by atoms with Gasteiger partial charge in [0.1, 0.15) is 12.2 Å². The van der Waals surface area contributed by atoms with Crippen molar-refractivity contribution in [1.29, 1.82) is 0 Å². The van der Waals surface area contributed by atoms with Gasteiger partial charge in [-0.3, -0.25) is 14.4 Å². The highest BCUT2D eigenvalue weighted by molar-refractivity contribution is 5.69. The zero-order valence-electron chi connectivity index (χ0n) is 24.6. The number of rotatable bonds is 8. The van der Waals surface area contributed by atoms with Crippen molar-refractivity contribution in [3.8, 4) is 0 Å². The number of hydrogen-bond donors (Lipinski definition) is 0. The quantitative estimate of drug-likeness (QED) is 0.291. The predicted octanol–water partition coefficient (Wildman–Crippen LogP) is 5.72. The van der Waals surface area contributed by atoms with E-state index in [0.29, 0.717) is 36.0 Å². The number of ether oxygens (including phenoxy) is 4. The Kier molecular flexibility index (Phi) is 8.86. The van der Waals surface area contributed by atoms with Crippen molar-refractivity contribution in [3.05, 3.63) is 0 Å². The average molecular weight is 535 g/mol. The Morgan fingerprint density at radius 2 is 1.66 bits per heavy atom. The SMILES string of the molecule is CCOC1CCC2(C)C(C1)CC(OC(C)=O)C1C2CC(OC(C)=O)C2(C)C(C(C)CCC(=O)OC)CCC12. The molecule has 11 atom stereocenters. The van der Waals surface area contributed by atoms with E-state index >= 15 is 0 Å². The lowest BCUT2D eigenvalue weighted by atomic mass is 9.43. The second kappa shape index (κ2) is 11.5. The van der Waals surface area contributed by atoms with Crippen LogP contribution >= 0.6 is 0 Å². The average Bonchev–Trinajstić information content (AvgIpc) is 3.21. The summed E-state index contributed by atoms with van der Waals surface area (Å²) in [5, 5.41) is 0. The van der Waals surface area contributed by atoms with Crippen LogP contribution < -0.4 is 0 Å². The van der Waals surface area contributed by atoms with E-state index in [1.54, 1.807) is 0 Å². The second-order valence-electron chi connectivity index (χ2n) is 13.2. The molecule has 4 fully saturated rings. The van der Waals surface area contributed by atoms with Gasteiger partial charge in [-0.15, -0.1) is 0 Å². The molecule has 0 aliphatic heterocycles. The van der Waals surface area contributed by atoms with Gasteiger partial charge in [-0.05, 0) is 93.3 Å². The summed E-state index contributed by atoms with van der Waals surface area (Å²) in [7, 11) is 1.44. The van der Waals surface area contributed by atoms with Crippen molar-refractivity contribution in [1.82, 2.24) is 0 Å². The van der Waals surface area contributed by atoms with Gasteiger partial charge in [0.25, 0.3) is 0 Å². The maximum absolute atomic E-state index is 12.5. The van der Waals surface area contributed by atoms with Gasteiger partial charge in [0, 0.05) is 38.2 Å². The van der Waals surface area contributed by atoms with Gasteiger partial charge in [-0.25, -0.2) is 0 Å². The number of hydrogen-bond acceptors (Lipinski definition) is 7. The molecular formula is C31H50O7. The van der Waals surface area contributed by atoms with Crippen LogP contribution in [0.1, 0.15) is 99.3 Å². The highest BCUT2D eigenvalue weighted by Gasteiger charge is 2.67. The summed E-state index contributed by atoms with van der Waals surface area (Å²) in [6.07, 6.45) is 8.00. The van der Waals surface area contributed by atoms with Gasteiger partial charge in [0.05, 0.1) is 13.2 Å². The van der Waals surface area contributed by atoms with Crippen LogP contribution in [0.3, 0.4) is 0 Å². The van der Waals surface area contributed by atoms with E-state index in [9.17, 15) is 14.4 Å². The third-order valence-corrected chi connectivity index (χ3v) is 11.5. The van der Waals surface area contributed by atoms with E-state index in [1.165, 1.54) is 21.0 Å². The fourth-order valence-electron chi connectivity index (χ4n) is 9.81. The molecule has 0 heterocycles. The van der Waals surface area contributed by atoms with Gasteiger partial charge in [-0.2, -0.15) is 0 Å². The number of carbonyl (C=O) groups excluding carboxylic acids is 3. The van der Waals surface area contributed by atoms with Crippen LogP contribution in [0.4, 0.5) is 0 Å². The van der Waals surface area contributed by atoms with E-state index in [4.69, 9.17) is 18.9 Å². The van der Waals surface area contributed by atoms with Crippen LogP contribution in [0.2, 0.25) is 0 Å². The molecule has 0 aromatic heterocycles. The lowest BCUT2D eigenvalue weighted by Crippen LogP contribution is -2.63. The normalized spacial score (nSPS) is 42.7. The van der Waals surface area contributed by atoms with Gasteiger partial charge in [0.2, 0.25) is 0 Å². The zero-order chi connectivity index (χ0) is 27.8. The number of esters is 3. The molecule has 4 aliphatic rings. The molecule has 0 bridgehead atoms. The number of fused-ring (bicyclic) bond motifs is 5. The van der Waals surface area contributed by atoms with Crippen LogP contribution in [0.15, 0.2) is 0 Å². The Morgan fingerprint density at radius 3 is 2.29 bits per heavy atom. The molecule has 0 saturated heterocycles. The smallest absolute Gasteiger partial charge is 0.305 e. The Morgan fingerprint density at radius 1 is 0.947 bits per heavy atom. The second-order valence-corrected chi connectivity index (χ2v) is 13.2. The fourth-order valence-corrected chi connectivity index (χ4v) is 9.81. The Bertz CT molecular complexity index is 887. The molecule has 0 N–H and O–H groups in total. The maximum Gasteiger partial charge on any atom is 0.305 e. The molecule has 216 valence electrons. The molecule has 0 aromatic carbocycles. The van der Waals surface area contributed by atoms with E-state index in [-0.39, 0.29) is 53.0 Å². The number of methoxy groups -OCH3 is 1. The lowest BCUT2D eigenvalue weighted by molar-refractivity contribution is -0.224. The molecule has 4 aliphatic carbocycles. The van der Waals surface area contributed by atoms with Crippen molar-refractivity contribution in [3.63, 3.8) is 0 Å². The summed E-state index contributed by atoms with van der Waals surface area (Å²) < 4.78 is 23.4. The number of carbonyl (C=O) groups is 3. The van der Waals surface area contributed by atoms with E-state index in [2.05, 4.69) is 27.7 Å². The standard InChI is InChI=1S/C31H50O7/c1-8-36-22-13-14-30(5)21(15-22)16-26(37-19(3)32)29-24-11-10-23(18(2)9-12-28(34)35-7)31(24,6)27(17-25(29)30)38-20(4)33/h18,21-27,29H,8-17H2,1-7H3. The first-order valence-electron chi connectivity index (χ1n) is 15.0. The largest absolute Gasteiger partial charge is 0.469 e. The van der Waals surface area contributed by atoms with Crippen LogP contribution in [-0.2, 0) is 33.3 Å². The van der Waals surface area contributed by atoms with E-state index in [1.807, 2.05) is 0 Å². The van der Waals surface area contributed by atoms with Gasteiger partial charge in [-0.1, -0.05) is 20.8 Å². The lowest BCUT2D eigenvalue weighted by Gasteiger charge is -2.64. The Hall–Kier alpha value is -1.63. The highest BCUT2D eigenvalue weighted by Crippen LogP contribution is 2.69. The first-order chi connectivity index (χ1) is 17.9. The molecule has 11 unspecified atom stereocenters. The topological polar surface area (TPSA) is 88.1 Å². The monoisotopic (exact) mass is 534 g/mol. The molecule has 7 nitrogen and oxygen atoms in total. The molecule has 0 aromatic rings. The molecule has 4 rings (SSSR count). The summed E-state index contributed by atoms with van der Waals surface area (Å²) in [6, 6.07) is 0. The minimum atomic E-state index is -0.230. The molecule has 7 heteroatoms. The molecular weight excluding hydrogens is 484 g/mol. The Labute approximate surface area is 229 Å². The summed E-state index contributed by atoms with van der Waals surface area (Å²) in [5.41, 5.74) is -0.129. The summed E-state index contributed by atoms with van der Waals surface area (Å²) in [5.74, 6) is 1.27.